The molecule has 1 rings (SSSR count). The summed E-state index contributed by atoms with van der Waals surface area (Å²) in [6.07, 6.45) is 2.03. The predicted molar refractivity (Wildman–Crippen MR) is 65.2 cm³/mol. The molecule has 2 N–H and O–H groups in total. The third-order valence-electron chi connectivity index (χ3n) is 2.55. The maximum Gasteiger partial charge on any atom is 0.340 e. The summed E-state index contributed by atoms with van der Waals surface area (Å²) in [6.45, 7) is 4.41. The van der Waals surface area contributed by atoms with E-state index in [1.807, 2.05) is 6.92 Å². The highest BCUT2D eigenvalue weighted by molar-refractivity contribution is 5.95. The predicted octanol–water partition coefficient (Wildman–Crippen LogP) is 3.00. The molecule has 4 heteroatoms. The summed E-state index contributed by atoms with van der Waals surface area (Å²) in [5.74, 6) is -0.857. The molecule has 0 fully saturated rings. The Morgan fingerprint density at radius 2 is 2.24 bits per heavy atom. The molecule has 1 aromatic carbocycles. The Kier molecular flexibility index (Phi) is 4.94. The van der Waals surface area contributed by atoms with Gasteiger partial charge in [0.2, 0.25) is 0 Å². The van der Waals surface area contributed by atoms with Gasteiger partial charge in [-0.2, -0.15) is 0 Å². The van der Waals surface area contributed by atoms with E-state index in [-0.39, 0.29) is 11.3 Å². The molecule has 3 nitrogen and oxygen atoms in total. The summed E-state index contributed by atoms with van der Waals surface area (Å²) >= 11 is 0. The second kappa shape index (κ2) is 6.23. The Morgan fingerprint density at radius 3 is 2.88 bits per heavy atom. The van der Waals surface area contributed by atoms with Crippen LogP contribution in [0, 0.1) is 11.7 Å². The van der Waals surface area contributed by atoms with Crippen LogP contribution >= 0.6 is 0 Å². The Bertz CT molecular complexity index is 393. The van der Waals surface area contributed by atoms with Crippen LogP contribution in [0.5, 0.6) is 0 Å². The molecule has 1 aromatic rings. The van der Waals surface area contributed by atoms with Crippen LogP contribution in [0.2, 0.25) is 0 Å². The third-order valence-corrected chi connectivity index (χ3v) is 2.55. The third kappa shape index (κ3) is 3.73. The van der Waals surface area contributed by atoms with Crippen molar-refractivity contribution in [3.05, 3.63) is 29.6 Å². The van der Waals surface area contributed by atoms with E-state index in [4.69, 9.17) is 10.5 Å². The molecule has 0 amide bonds. The first-order valence-corrected chi connectivity index (χ1v) is 5.77. The second-order valence-electron chi connectivity index (χ2n) is 4.19. The Morgan fingerprint density at radius 1 is 1.53 bits per heavy atom. The number of nitrogen functional groups attached to an aromatic ring is 1. The number of esters is 1. The molecule has 0 bridgehead atoms. The number of hydrogen-bond acceptors (Lipinski definition) is 3. The first kappa shape index (κ1) is 13.5. The number of halogens is 1. The van der Waals surface area contributed by atoms with Gasteiger partial charge in [0.25, 0.3) is 0 Å². The van der Waals surface area contributed by atoms with E-state index in [1.54, 1.807) is 0 Å². The van der Waals surface area contributed by atoms with Gasteiger partial charge in [-0.1, -0.05) is 26.3 Å². The maximum atomic E-state index is 13.1. The number of carbonyl (C=O) groups excluding carboxylic acids is 1. The summed E-state index contributed by atoms with van der Waals surface area (Å²) in [7, 11) is 0. The number of rotatable bonds is 5. The molecule has 1 atom stereocenters. The molecule has 0 heterocycles. The van der Waals surface area contributed by atoms with E-state index in [2.05, 4.69) is 6.92 Å². The van der Waals surface area contributed by atoms with E-state index in [9.17, 15) is 9.18 Å². The van der Waals surface area contributed by atoms with Gasteiger partial charge >= 0.3 is 5.97 Å². The van der Waals surface area contributed by atoms with Gasteiger partial charge in [-0.25, -0.2) is 9.18 Å². The van der Waals surface area contributed by atoms with E-state index in [0.717, 1.165) is 12.8 Å². The summed E-state index contributed by atoms with van der Waals surface area (Å²) in [4.78, 5) is 11.7. The van der Waals surface area contributed by atoms with Gasteiger partial charge < -0.3 is 10.5 Å². The average molecular weight is 239 g/mol. The van der Waals surface area contributed by atoms with Crippen molar-refractivity contribution in [3.63, 3.8) is 0 Å². The SMILES string of the molecule is CCCC(C)COC(=O)c1cccc(F)c1N. The van der Waals surface area contributed by atoms with Crippen LogP contribution in [0.4, 0.5) is 10.1 Å². The smallest absolute Gasteiger partial charge is 0.340 e. The van der Waals surface area contributed by atoms with E-state index >= 15 is 0 Å². The van der Waals surface area contributed by atoms with E-state index < -0.39 is 11.8 Å². The van der Waals surface area contributed by atoms with Crippen LogP contribution < -0.4 is 5.73 Å². The normalized spacial score (nSPS) is 12.2. The molecule has 1 unspecified atom stereocenters. The molecule has 0 saturated carbocycles. The van der Waals surface area contributed by atoms with Crippen molar-refractivity contribution in [2.75, 3.05) is 12.3 Å². The summed E-state index contributed by atoms with van der Waals surface area (Å²) in [6, 6.07) is 4.12. The van der Waals surface area contributed by atoms with Crippen LogP contribution in [0.3, 0.4) is 0 Å². The van der Waals surface area contributed by atoms with Crippen LogP contribution in [0.15, 0.2) is 18.2 Å². The molecule has 0 radical (unpaired) electrons. The Labute approximate surface area is 101 Å². The molecular weight excluding hydrogens is 221 g/mol. The van der Waals surface area contributed by atoms with Gasteiger partial charge in [0.15, 0.2) is 0 Å². The minimum atomic E-state index is -0.596. The van der Waals surface area contributed by atoms with Crippen molar-refractivity contribution in [1.29, 1.82) is 0 Å². The lowest BCUT2D eigenvalue weighted by atomic mass is 10.1. The topological polar surface area (TPSA) is 52.3 Å². The summed E-state index contributed by atoms with van der Waals surface area (Å²) in [5, 5.41) is 0. The van der Waals surface area contributed by atoms with Gasteiger partial charge in [-0.05, 0) is 24.5 Å². The van der Waals surface area contributed by atoms with E-state index in [1.165, 1.54) is 18.2 Å². The highest BCUT2D eigenvalue weighted by Crippen LogP contribution is 2.17. The minimum absolute atomic E-state index is 0.0914. The summed E-state index contributed by atoms with van der Waals surface area (Å²) < 4.78 is 18.2. The van der Waals surface area contributed by atoms with Crippen molar-refractivity contribution in [3.8, 4) is 0 Å². The fourth-order valence-corrected chi connectivity index (χ4v) is 1.59. The molecule has 17 heavy (non-hydrogen) atoms. The van der Waals surface area contributed by atoms with Gasteiger partial charge in [-0.3, -0.25) is 0 Å². The van der Waals surface area contributed by atoms with Gasteiger partial charge in [0.1, 0.15) is 5.82 Å². The first-order chi connectivity index (χ1) is 8.06. The number of anilines is 1. The zero-order valence-corrected chi connectivity index (χ0v) is 10.2. The largest absolute Gasteiger partial charge is 0.462 e. The zero-order valence-electron chi connectivity index (χ0n) is 10.2. The molecule has 94 valence electrons. The summed E-state index contributed by atoms with van der Waals surface area (Å²) in [5.41, 5.74) is 5.41. The lowest BCUT2D eigenvalue weighted by Crippen LogP contribution is -2.14. The standard InChI is InChI=1S/C13H18FNO2/c1-3-5-9(2)8-17-13(16)10-6-4-7-11(14)12(10)15/h4,6-7,9H,3,5,8,15H2,1-2H3. The molecule has 0 saturated heterocycles. The molecular formula is C13H18FNO2. The monoisotopic (exact) mass is 239 g/mol. The van der Waals surface area contributed by atoms with Gasteiger partial charge in [0, 0.05) is 0 Å². The van der Waals surface area contributed by atoms with E-state index in [0.29, 0.717) is 12.5 Å². The lowest BCUT2D eigenvalue weighted by molar-refractivity contribution is 0.0444. The zero-order chi connectivity index (χ0) is 12.8. The fourth-order valence-electron chi connectivity index (χ4n) is 1.59. The number of ether oxygens (including phenoxy) is 1. The van der Waals surface area contributed by atoms with Crippen molar-refractivity contribution >= 4 is 11.7 Å². The molecule has 0 aliphatic heterocycles. The van der Waals surface area contributed by atoms with Crippen LogP contribution in [0.1, 0.15) is 37.0 Å². The highest BCUT2D eigenvalue weighted by atomic mass is 19.1. The quantitative estimate of drug-likeness (QED) is 0.634. The lowest BCUT2D eigenvalue weighted by Gasteiger charge is -2.11. The fraction of sp³-hybridized carbons (Fsp3) is 0.462. The number of benzene rings is 1. The minimum Gasteiger partial charge on any atom is -0.462 e. The maximum absolute atomic E-state index is 13.1. The molecule has 0 aliphatic rings. The molecule has 0 aliphatic carbocycles. The Balaban J connectivity index is 2.61. The van der Waals surface area contributed by atoms with Crippen molar-refractivity contribution in [2.24, 2.45) is 5.92 Å². The highest BCUT2D eigenvalue weighted by Gasteiger charge is 2.14. The van der Waals surface area contributed by atoms with Crippen LogP contribution in [-0.2, 0) is 4.74 Å². The van der Waals surface area contributed by atoms with Gasteiger partial charge in [0.05, 0.1) is 17.9 Å². The Hall–Kier alpha value is -1.58. The van der Waals surface area contributed by atoms with Crippen LogP contribution in [0.25, 0.3) is 0 Å². The first-order valence-electron chi connectivity index (χ1n) is 5.77. The number of para-hydroxylation sites is 1. The number of carbonyl (C=O) groups is 1. The second-order valence-corrected chi connectivity index (χ2v) is 4.19. The van der Waals surface area contributed by atoms with Gasteiger partial charge in [-0.15, -0.1) is 0 Å². The molecule has 0 spiro atoms. The molecule has 0 aromatic heterocycles. The number of nitrogens with two attached hydrogens (primary N) is 1. The number of hydrogen-bond donors (Lipinski definition) is 1. The van der Waals surface area contributed by atoms with Crippen molar-refractivity contribution in [1.82, 2.24) is 0 Å². The average Bonchev–Trinajstić information content (AvgIpc) is 2.30. The van der Waals surface area contributed by atoms with Crippen molar-refractivity contribution in [2.45, 2.75) is 26.7 Å². The van der Waals surface area contributed by atoms with Crippen molar-refractivity contribution < 1.29 is 13.9 Å². The van der Waals surface area contributed by atoms with Crippen LogP contribution in [-0.4, -0.2) is 12.6 Å².